The summed E-state index contributed by atoms with van der Waals surface area (Å²) in [5.74, 6) is 0.143. The van der Waals surface area contributed by atoms with Gasteiger partial charge in [-0.3, -0.25) is 9.69 Å². The van der Waals surface area contributed by atoms with Crippen LogP contribution in [0.3, 0.4) is 0 Å². The molecule has 3 nitrogen and oxygen atoms in total. The number of benzene rings is 1. The summed E-state index contributed by atoms with van der Waals surface area (Å²) in [5, 5.41) is 0. The van der Waals surface area contributed by atoms with E-state index in [1.807, 2.05) is 4.90 Å². The van der Waals surface area contributed by atoms with Gasteiger partial charge in [0.25, 0.3) is 0 Å². The van der Waals surface area contributed by atoms with Crippen molar-refractivity contribution in [3.8, 4) is 0 Å². The quantitative estimate of drug-likeness (QED) is 0.800. The third-order valence-electron chi connectivity index (χ3n) is 3.49. The monoisotopic (exact) mass is 302 g/mol. The van der Waals surface area contributed by atoms with Crippen LogP contribution in [0.1, 0.15) is 11.1 Å². The lowest BCUT2D eigenvalue weighted by molar-refractivity contribution is -0.130. The maximum absolute atomic E-state index is 11.5. The van der Waals surface area contributed by atoms with Crippen LogP contribution in [0.5, 0.6) is 0 Å². The number of amides is 1. The number of halogens is 2. The van der Waals surface area contributed by atoms with Crippen LogP contribution in [0.2, 0.25) is 0 Å². The van der Waals surface area contributed by atoms with E-state index in [4.69, 9.17) is 11.6 Å². The second-order valence-corrected chi connectivity index (χ2v) is 4.98. The Morgan fingerprint density at radius 1 is 1.21 bits per heavy atom. The summed E-state index contributed by atoms with van der Waals surface area (Å²) >= 11 is 5.57. The van der Waals surface area contributed by atoms with E-state index in [2.05, 4.69) is 36.1 Å². The second-order valence-electron chi connectivity index (χ2n) is 4.72. The lowest BCUT2D eigenvalue weighted by atomic mass is 10.1. The Bertz CT molecular complexity index is 418. The van der Waals surface area contributed by atoms with E-state index >= 15 is 0 Å². The zero-order valence-corrected chi connectivity index (χ0v) is 12.7. The molecule has 0 saturated carbocycles. The number of nitrogens with zero attached hydrogens (tertiary/aromatic N) is 2. The van der Waals surface area contributed by atoms with Gasteiger partial charge in [0, 0.05) is 32.7 Å². The van der Waals surface area contributed by atoms with Gasteiger partial charge in [0.15, 0.2) is 0 Å². The molecule has 1 heterocycles. The Morgan fingerprint density at radius 2 is 1.84 bits per heavy atom. The van der Waals surface area contributed by atoms with E-state index < -0.39 is 0 Å². The minimum atomic E-state index is 0. The third kappa shape index (κ3) is 4.37. The Kier molecular flexibility index (Phi) is 6.63. The molecule has 0 atom stereocenters. The van der Waals surface area contributed by atoms with Gasteiger partial charge in [-0.15, -0.1) is 24.0 Å². The van der Waals surface area contributed by atoms with Gasteiger partial charge in [0.1, 0.15) is 5.88 Å². The molecule has 5 heteroatoms. The van der Waals surface area contributed by atoms with E-state index in [0.29, 0.717) is 0 Å². The van der Waals surface area contributed by atoms with Crippen molar-refractivity contribution in [3.63, 3.8) is 0 Å². The van der Waals surface area contributed by atoms with Gasteiger partial charge in [-0.25, -0.2) is 0 Å². The van der Waals surface area contributed by atoms with Gasteiger partial charge >= 0.3 is 0 Å². The predicted molar refractivity (Wildman–Crippen MR) is 81.0 cm³/mol. The van der Waals surface area contributed by atoms with Crippen LogP contribution in [0, 0.1) is 6.92 Å². The van der Waals surface area contributed by atoms with Gasteiger partial charge < -0.3 is 4.90 Å². The minimum absolute atomic E-state index is 0. The van der Waals surface area contributed by atoms with Gasteiger partial charge in [-0.05, 0) is 18.1 Å². The molecule has 106 valence electrons. The maximum atomic E-state index is 11.5. The summed E-state index contributed by atoms with van der Waals surface area (Å²) in [6.07, 6.45) is 0. The van der Waals surface area contributed by atoms with Gasteiger partial charge in [-0.1, -0.05) is 24.3 Å². The summed E-state index contributed by atoms with van der Waals surface area (Å²) in [7, 11) is 0. The van der Waals surface area contributed by atoms with Gasteiger partial charge in [0.05, 0.1) is 0 Å². The van der Waals surface area contributed by atoms with Crippen LogP contribution in [-0.4, -0.2) is 47.8 Å². The Hall–Kier alpha value is -0.770. The Balaban J connectivity index is 0.00000180. The molecule has 0 aromatic heterocycles. The van der Waals surface area contributed by atoms with Crippen molar-refractivity contribution in [2.24, 2.45) is 0 Å². The highest BCUT2D eigenvalue weighted by atomic mass is 35.5. The van der Waals surface area contributed by atoms with Crippen molar-refractivity contribution in [2.75, 3.05) is 32.1 Å². The first-order valence-electron chi connectivity index (χ1n) is 6.31. The summed E-state index contributed by atoms with van der Waals surface area (Å²) in [4.78, 5) is 15.7. The first-order valence-corrected chi connectivity index (χ1v) is 6.85. The summed E-state index contributed by atoms with van der Waals surface area (Å²) in [5.41, 5.74) is 2.70. The lowest BCUT2D eigenvalue weighted by Gasteiger charge is -2.34. The molecule has 0 spiro atoms. The molecule has 1 aliphatic rings. The smallest absolute Gasteiger partial charge is 0.237 e. The molecule has 2 rings (SSSR count). The fraction of sp³-hybridized carbons (Fsp3) is 0.500. The lowest BCUT2D eigenvalue weighted by Crippen LogP contribution is -2.48. The molecule has 0 radical (unpaired) electrons. The molecule has 1 aromatic rings. The van der Waals surface area contributed by atoms with E-state index in [9.17, 15) is 4.79 Å². The first kappa shape index (κ1) is 16.3. The standard InChI is InChI=1S/C14H19ClN2O.ClH/c1-12-4-2-3-5-13(12)11-16-6-8-17(9-7-16)14(18)10-15;/h2-5H,6-11H2,1H3;1H. The molecule has 19 heavy (non-hydrogen) atoms. The van der Waals surface area contributed by atoms with Crippen LogP contribution in [0.15, 0.2) is 24.3 Å². The average Bonchev–Trinajstić information content (AvgIpc) is 2.41. The second kappa shape index (κ2) is 7.73. The van der Waals surface area contributed by atoms with Crippen LogP contribution in [0.25, 0.3) is 0 Å². The minimum Gasteiger partial charge on any atom is -0.339 e. The van der Waals surface area contributed by atoms with Crippen molar-refractivity contribution in [1.29, 1.82) is 0 Å². The fourth-order valence-corrected chi connectivity index (χ4v) is 2.44. The van der Waals surface area contributed by atoms with Crippen LogP contribution in [-0.2, 0) is 11.3 Å². The number of hydrogen-bond acceptors (Lipinski definition) is 2. The summed E-state index contributed by atoms with van der Waals surface area (Å²) < 4.78 is 0. The summed E-state index contributed by atoms with van der Waals surface area (Å²) in [6.45, 7) is 6.54. The van der Waals surface area contributed by atoms with Crippen molar-refractivity contribution >= 4 is 29.9 Å². The maximum Gasteiger partial charge on any atom is 0.237 e. The largest absolute Gasteiger partial charge is 0.339 e. The van der Waals surface area contributed by atoms with Crippen molar-refractivity contribution in [1.82, 2.24) is 9.80 Å². The average molecular weight is 303 g/mol. The van der Waals surface area contributed by atoms with E-state index in [0.717, 1.165) is 32.7 Å². The van der Waals surface area contributed by atoms with Crippen LogP contribution < -0.4 is 0 Å². The van der Waals surface area contributed by atoms with Crippen LogP contribution in [0.4, 0.5) is 0 Å². The van der Waals surface area contributed by atoms with E-state index in [1.165, 1.54) is 11.1 Å². The molecule has 1 aliphatic heterocycles. The molecule has 1 saturated heterocycles. The van der Waals surface area contributed by atoms with Gasteiger partial charge in [-0.2, -0.15) is 0 Å². The normalized spacial score (nSPS) is 16.0. The molecular formula is C14H20Cl2N2O. The molecule has 1 amide bonds. The predicted octanol–water partition coefficient (Wildman–Crippen LogP) is 2.30. The summed E-state index contributed by atoms with van der Waals surface area (Å²) in [6, 6.07) is 8.46. The molecule has 1 fully saturated rings. The van der Waals surface area contributed by atoms with Crippen molar-refractivity contribution in [2.45, 2.75) is 13.5 Å². The first-order chi connectivity index (χ1) is 8.70. The molecule has 0 N–H and O–H groups in total. The number of carbonyl (C=O) groups excluding carboxylic acids is 1. The van der Waals surface area contributed by atoms with Crippen LogP contribution >= 0.6 is 24.0 Å². The Labute approximate surface area is 125 Å². The highest BCUT2D eigenvalue weighted by Crippen LogP contribution is 2.12. The number of alkyl halides is 1. The zero-order chi connectivity index (χ0) is 13.0. The number of aryl methyl sites for hydroxylation is 1. The molecule has 0 unspecified atom stereocenters. The van der Waals surface area contributed by atoms with Gasteiger partial charge in [0.2, 0.25) is 5.91 Å². The zero-order valence-electron chi connectivity index (χ0n) is 11.1. The third-order valence-corrected chi connectivity index (χ3v) is 3.72. The highest BCUT2D eigenvalue weighted by molar-refractivity contribution is 6.27. The number of piperazine rings is 1. The van der Waals surface area contributed by atoms with E-state index in [1.54, 1.807) is 0 Å². The topological polar surface area (TPSA) is 23.6 Å². The Morgan fingerprint density at radius 3 is 2.42 bits per heavy atom. The SMILES string of the molecule is Cc1ccccc1CN1CCN(C(=O)CCl)CC1.Cl. The molecule has 0 bridgehead atoms. The van der Waals surface area contributed by atoms with Crippen molar-refractivity contribution < 1.29 is 4.79 Å². The number of rotatable bonds is 3. The fourth-order valence-electron chi connectivity index (χ4n) is 2.27. The molecule has 0 aliphatic carbocycles. The van der Waals surface area contributed by atoms with E-state index in [-0.39, 0.29) is 24.2 Å². The highest BCUT2D eigenvalue weighted by Gasteiger charge is 2.20. The number of carbonyl (C=O) groups is 1. The molecular weight excluding hydrogens is 283 g/mol. The molecule has 1 aromatic carbocycles. The number of hydrogen-bond donors (Lipinski definition) is 0. The van der Waals surface area contributed by atoms with Crippen molar-refractivity contribution in [3.05, 3.63) is 35.4 Å².